The molecule has 2 aromatic carbocycles. The van der Waals surface area contributed by atoms with Gasteiger partial charge in [0, 0.05) is 25.5 Å². The van der Waals surface area contributed by atoms with Crippen molar-refractivity contribution in [3.05, 3.63) is 65.7 Å². The van der Waals surface area contributed by atoms with E-state index in [2.05, 4.69) is 53.5 Å². The van der Waals surface area contributed by atoms with E-state index >= 15 is 0 Å². The number of hydrogen-bond acceptors (Lipinski definition) is 4. The van der Waals surface area contributed by atoms with Crippen molar-refractivity contribution in [3.63, 3.8) is 0 Å². The highest BCUT2D eigenvalue weighted by molar-refractivity contribution is 5.86. The Morgan fingerprint density at radius 1 is 1.11 bits per heavy atom. The molecule has 0 fully saturated rings. The summed E-state index contributed by atoms with van der Waals surface area (Å²) in [4.78, 5) is 6.84. The zero-order valence-corrected chi connectivity index (χ0v) is 16.4. The molecule has 0 aliphatic rings. The monoisotopic (exact) mass is 369 g/mol. The minimum Gasteiger partial charge on any atom is -0.378 e. The maximum atomic E-state index is 9.80. The molecule has 4 aromatic rings. The third-order valence-electron chi connectivity index (χ3n) is 4.94. The Bertz CT molecular complexity index is 1180. The Hall–Kier alpha value is -3.52. The van der Waals surface area contributed by atoms with Crippen LogP contribution in [0.3, 0.4) is 0 Å². The van der Waals surface area contributed by atoms with Crippen molar-refractivity contribution in [2.45, 2.75) is 19.8 Å². The molecule has 0 saturated heterocycles. The molecular formula is C23H23N5. The fraction of sp³-hybridized carbons (Fsp3) is 0.217. The minimum absolute atomic E-state index is 0.659. The number of nitrogens with one attached hydrogen (secondary N) is 1. The van der Waals surface area contributed by atoms with Crippen LogP contribution in [0.4, 0.5) is 17.2 Å². The Labute approximate surface area is 164 Å². The summed E-state index contributed by atoms with van der Waals surface area (Å²) in [5.74, 6) is 0.920. The first-order valence-corrected chi connectivity index (χ1v) is 9.50. The summed E-state index contributed by atoms with van der Waals surface area (Å²) in [5.41, 5.74) is 6.42. The van der Waals surface area contributed by atoms with Crippen LogP contribution in [0.15, 0.2) is 54.6 Å². The molecule has 2 aromatic heterocycles. The van der Waals surface area contributed by atoms with E-state index in [-0.39, 0.29) is 0 Å². The van der Waals surface area contributed by atoms with Crippen LogP contribution in [0.1, 0.15) is 24.5 Å². The fourth-order valence-electron chi connectivity index (χ4n) is 3.55. The normalized spacial score (nSPS) is 10.9. The van der Waals surface area contributed by atoms with Gasteiger partial charge in [-0.2, -0.15) is 5.26 Å². The van der Waals surface area contributed by atoms with Crippen molar-refractivity contribution in [3.8, 4) is 6.07 Å². The summed E-state index contributed by atoms with van der Waals surface area (Å²) in [6.45, 7) is 2.13. The Balaban J connectivity index is 1.92. The third-order valence-corrected chi connectivity index (χ3v) is 4.94. The van der Waals surface area contributed by atoms with Crippen LogP contribution in [-0.4, -0.2) is 23.5 Å². The van der Waals surface area contributed by atoms with Crippen molar-refractivity contribution < 1.29 is 0 Å². The second-order valence-corrected chi connectivity index (χ2v) is 7.12. The number of rotatable bonds is 5. The van der Waals surface area contributed by atoms with E-state index in [0.717, 1.165) is 46.6 Å². The van der Waals surface area contributed by atoms with Crippen LogP contribution in [-0.2, 0) is 6.42 Å². The summed E-state index contributed by atoms with van der Waals surface area (Å²) in [6, 6.07) is 20.8. The van der Waals surface area contributed by atoms with Gasteiger partial charge in [-0.25, -0.2) is 4.98 Å². The molecule has 0 unspecified atom stereocenters. The molecule has 140 valence electrons. The number of fused-ring (bicyclic) bond motifs is 3. The first-order valence-electron chi connectivity index (χ1n) is 9.50. The predicted octanol–water partition coefficient (Wildman–Crippen LogP) is 5.12. The van der Waals surface area contributed by atoms with Crippen molar-refractivity contribution >= 4 is 33.9 Å². The van der Waals surface area contributed by atoms with Crippen molar-refractivity contribution in [1.82, 2.24) is 9.38 Å². The van der Waals surface area contributed by atoms with Crippen molar-refractivity contribution in [2.24, 2.45) is 0 Å². The largest absolute Gasteiger partial charge is 0.378 e. The molecule has 2 heterocycles. The van der Waals surface area contributed by atoms with Crippen LogP contribution < -0.4 is 10.2 Å². The number of imidazole rings is 1. The van der Waals surface area contributed by atoms with E-state index in [1.807, 2.05) is 42.8 Å². The number of aryl methyl sites for hydroxylation is 1. The van der Waals surface area contributed by atoms with E-state index < -0.39 is 0 Å². The lowest BCUT2D eigenvalue weighted by Crippen LogP contribution is -2.08. The van der Waals surface area contributed by atoms with Gasteiger partial charge in [0.25, 0.3) is 0 Å². The van der Waals surface area contributed by atoms with E-state index in [9.17, 15) is 5.26 Å². The Morgan fingerprint density at radius 3 is 2.54 bits per heavy atom. The molecule has 0 aliphatic heterocycles. The van der Waals surface area contributed by atoms with Crippen LogP contribution >= 0.6 is 0 Å². The third kappa shape index (κ3) is 3.03. The molecule has 5 heteroatoms. The van der Waals surface area contributed by atoms with Crippen LogP contribution in [0.25, 0.3) is 16.7 Å². The maximum Gasteiger partial charge on any atom is 0.157 e. The number of anilines is 3. The number of para-hydroxylation sites is 2. The lowest BCUT2D eigenvalue weighted by molar-refractivity contribution is 0.915. The van der Waals surface area contributed by atoms with Gasteiger partial charge in [-0.05, 0) is 54.4 Å². The number of benzene rings is 2. The second-order valence-electron chi connectivity index (χ2n) is 7.12. The summed E-state index contributed by atoms with van der Waals surface area (Å²) in [7, 11) is 4.06. The first kappa shape index (κ1) is 17.9. The molecule has 0 spiro atoms. The standard InChI is InChI=1S/C23H23N5/c1-4-7-16-14-22(25-17-10-12-18(13-11-17)27(2)3)28-21-9-6-5-8-20(21)26-23(28)19(16)15-24/h5-6,8-14,25H,4,7H2,1-3H3. The average Bonchev–Trinajstić information content (AvgIpc) is 3.08. The number of nitrogens with zero attached hydrogens (tertiary/aromatic N) is 4. The fourth-order valence-corrected chi connectivity index (χ4v) is 3.55. The van der Waals surface area contributed by atoms with E-state index in [1.54, 1.807) is 0 Å². The minimum atomic E-state index is 0.659. The van der Waals surface area contributed by atoms with Crippen LogP contribution in [0.2, 0.25) is 0 Å². The molecule has 0 aliphatic carbocycles. The van der Waals surface area contributed by atoms with E-state index in [4.69, 9.17) is 4.98 Å². The van der Waals surface area contributed by atoms with Crippen molar-refractivity contribution in [1.29, 1.82) is 5.26 Å². The molecule has 4 rings (SSSR count). The highest BCUT2D eigenvalue weighted by Gasteiger charge is 2.16. The van der Waals surface area contributed by atoms with Gasteiger partial charge in [0.1, 0.15) is 11.9 Å². The molecule has 0 atom stereocenters. The van der Waals surface area contributed by atoms with Gasteiger partial charge in [-0.1, -0.05) is 25.5 Å². The van der Waals surface area contributed by atoms with E-state index in [0.29, 0.717) is 11.2 Å². The molecular weight excluding hydrogens is 346 g/mol. The summed E-state index contributed by atoms with van der Waals surface area (Å²) < 4.78 is 2.05. The lowest BCUT2D eigenvalue weighted by Gasteiger charge is -2.16. The highest BCUT2D eigenvalue weighted by atomic mass is 15.1. The van der Waals surface area contributed by atoms with E-state index in [1.165, 1.54) is 0 Å². The van der Waals surface area contributed by atoms with Gasteiger partial charge >= 0.3 is 0 Å². The summed E-state index contributed by atoms with van der Waals surface area (Å²) in [5, 5.41) is 13.3. The number of hydrogen-bond donors (Lipinski definition) is 1. The summed E-state index contributed by atoms with van der Waals surface area (Å²) in [6.07, 6.45) is 1.82. The van der Waals surface area contributed by atoms with Gasteiger partial charge in [0.05, 0.1) is 16.6 Å². The van der Waals surface area contributed by atoms with Gasteiger partial charge in [-0.15, -0.1) is 0 Å². The SMILES string of the molecule is CCCc1cc(Nc2ccc(N(C)C)cc2)n2c(nc3ccccc32)c1C#N. The molecule has 0 amide bonds. The molecule has 5 nitrogen and oxygen atoms in total. The quantitative estimate of drug-likeness (QED) is 0.530. The zero-order valence-electron chi connectivity index (χ0n) is 16.4. The van der Waals surface area contributed by atoms with Crippen LogP contribution in [0, 0.1) is 11.3 Å². The van der Waals surface area contributed by atoms with Gasteiger partial charge < -0.3 is 10.2 Å². The Morgan fingerprint density at radius 2 is 1.86 bits per heavy atom. The number of pyridine rings is 1. The number of aromatic nitrogens is 2. The first-order chi connectivity index (χ1) is 13.6. The molecule has 0 bridgehead atoms. The van der Waals surface area contributed by atoms with Gasteiger partial charge in [0.2, 0.25) is 0 Å². The molecule has 1 N–H and O–H groups in total. The molecule has 0 radical (unpaired) electrons. The summed E-state index contributed by atoms with van der Waals surface area (Å²) >= 11 is 0. The van der Waals surface area contributed by atoms with Gasteiger partial charge in [0.15, 0.2) is 5.65 Å². The predicted molar refractivity (Wildman–Crippen MR) is 115 cm³/mol. The zero-order chi connectivity index (χ0) is 19.7. The Kier molecular flexibility index (Phi) is 4.62. The maximum absolute atomic E-state index is 9.80. The topological polar surface area (TPSA) is 56.4 Å². The van der Waals surface area contributed by atoms with Crippen LogP contribution in [0.5, 0.6) is 0 Å². The lowest BCUT2D eigenvalue weighted by atomic mass is 10.1. The molecule has 0 saturated carbocycles. The smallest absolute Gasteiger partial charge is 0.157 e. The van der Waals surface area contributed by atoms with Gasteiger partial charge in [-0.3, -0.25) is 4.40 Å². The second kappa shape index (κ2) is 7.24. The highest BCUT2D eigenvalue weighted by Crippen LogP contribution is 2.29. The van der Waals surface area contributed by atoms with Crippen molar-refractivity contribution in [2.75, 3.05) is 24.3 Å². The number of nitriles is 1. The molecule has 28 heavy (non-hydrogen) atoms. The average molecular weight is 369 g/mol.